The van der Waals surface area contributed by atoms with Gasteiger partial charge in [0.05, 0.1) is 5.75 Å². The SMILES string of the molecule is Cc1ccc(SCC(=O)Nc2ccc(F)cc2C)c(C)c1. The second kappa shape index (κ2) is 6.76. The molecule has 2 aromatic carbocycles. The highest BCUT2D eigenvalue weighted by Gasteiger charge is 2.07. The van der Waals surface area contributed by atoms with E-state index in [4.69, 9.17) is 0 Å². The van der Waals surface area contributed by atoms with E-state index in [-0.39, 0.29) is 11.7 Å². The molecule has 1 N–H and O–H groups in total. The van der Waals surface area contributed by atoms with E-state index in [2.05, 4.69) is 11.4 Å². The monoisotopic (exact) mass is 303 g/mol. The van der Waals surface area contributed by atoms with Gasteiger partial charge in [0.1, 0.15) is 5.82 Å². The maximum atomic E-state index is 13.0. The van der Waals surface area contributed by atoms with Crippen LogP contribution in [0.25, 0.3) is 0 Å². The first-order valence-electron chi connectivity index (χ1n) is 6.72. The van der Waals surface area contributed by atoms with Crippen LogP contribution in [-0.2, 0) is 4.79 Å². The molecule has 0 aliphatic carbocycles. The van der Waals surface area contributed by atoms with Gasteiger partial charge in [-0.15, -0.1) is 11.8 Å². The van der Waals surface area contributed by atoms with E-state index in [0.717, 1.165) is 10.5 Å². The zero-order valence-corrected chi connectivity index (χ0v) is 13.2. The van der Waals surface area contributed by atoms with Crippen LogP contribution < -0.4 is 5.32 Å². The van der Waals surface area contributed by atoms with Crippen LogP contribution in [0.5, 0.6) is 0 Å². The van der Waals surface area contributed by atoms with Crippen LogP contribution in [0.15, 0.2) is 41.3 Å². The van der Waals surface area contributed by atoms with Crippen molar-refractivity contribution in [1.82, 2.24) is 0 Å². The molecule has 110 valence electrons. The fourth-order valence-electron chi connectivity index (χ4n) is 2.06. The lowest BCUT2D eigenvalue weighted by atomic mass is 10.2. The number of hydrogen-bond acceptors (Lipinski definition) is 2. The van der Waals surface area contributed by atoms with Gasteiger partial charge in [-0.25, -0.2) is 4.39 Å². The summed E-state index contributed by atoms with van der Waals surface area (Å²) in [6.07, 6.45) is 0. The Morgan fingerprint density at radius 1 is 1.10 bits per heavy atom. The fourth-order valence-corrected chi connectivity index (χ4v) is 2.87. The lowest BCUT2D eigenvalue weighted by molar-refractivity contribution is -0.113. The number of carbonyl (C=O) groups excluding carboxylic acids is 1. The Kier molecular flexibility index (Phi) is 5.02. The van der Waals surface area contributed by atoms with Crippen LogP contribution in [0.2, 0.25) is 0 Å². The number of aryl methyl sites for hydroxylation is 3. The average Bonchev–Trinajstić information content (AvgIpc) is 2.41. The summed E-state index contributed by atoms with van der Waals surface area (Å²) in [5, 5.41) is 2.81. The highest BCUT2D eigenvalue weighted by molar-refractivity contribution is 8.00. The Labute approximate surface area is 128 Å². The van der Waals surface area contributed by atoms with Gasteiger partial charge in [-0.1, -0.05) is 17.7 Å². The predicted octanol–water partition coefficient (Wildman–Crippen LogP) is 4.48. The number of halogens is 1. The van der Waals surface area contributed by atoms with Crippen LogP contribution in [0, 0.1) is 26.6 Å². The van der Waals surface area contributed by atoms with Gasteiger partial charge in [-0.3, -0.25) is 4.79 Å². The predicted molar refractivity (Wildman–Crippen MR) is 86.4 cm³/mol. The summed E-state index contributed by atoms with van der Waals surface area (Å²) < 4.78 is 13.0. The van der Waals surface area contributed by atoms with E-state index in [1.54, 1.807) is 13.0 Å². The molecular weight excluding hydrogens is 285 g/mol. The molecule has 0 spiro atoms. The molecule has 0 aliphatic heterocycles. The van der Waals surface area contributed by atoms with Gasteiger partial charge >= 0.3 is 0 Å². The number of benzene rings is 2. The minimum atomic E-state index is -0.296. The smallest absolute Gasteiger partial charge is 0.234 e. The van der Waals surface area contributed by atoms with Crippen molar-refractivity contribution in [2.24, 2.45) is 0 Å². The topological polar surface area (TPSA) is 29.1 Å². The van der Waals surface area contributed by atoms with Crippen LogP contribution in [0.3, 0.4) is 0 Å². The van der Waals surface area contributed by atoms with Crippen molar-refractivity contribution >= 4 is 23.4 Å². The van der Waals surface area contributed by atoms with Gasteiger partial charge in [0.25, 0.3) is 0 Å². The summed E-state index contributed by atoms with van der Waals surface area (Å²) in [5.41, 5.74) is 3.76. The molecule has 0 heterocycles. The lowest BCUT2D eigenvalue weighted by Gasteiger charge is -2.09. The van der Waals surface area contributed by atoms with Gasteiger partial charge in [0.2, 0.25) is 5.91 Å². The average molecular weight is 303 g/mol. The molecule has 0 saturated heterocycles. The Morgan fingerprint density at radius 3 is 2.52 bits per heavy atom. The molecule has 0 saturated carbocycles. The normalized spacial score (nSPS) is 10.5. The molecule has 2 rings (SSSR count). The Hall–Kier alpha value is -1.81. The van der Waals surface area contributed by atoms with Crippen molar-refractivity contribution in [3.63, 3.8) is 0 Å². The summed E-state index contributed by atoms with van der Waals surface area (Å²) >= 11 is 1.51. The minimum absolute atomic E-state index is 0.0883. The third kappa shape index (κ3) is 4.33. The van der Waals surface area contributed by atoms with Gasteiger partial charge in [0, 0.05) is 10.6 Å². The molecule has 0 atom stereocenters. The van der Waals surface area contributed by atoms with E-state index in [1.807, 2.05) is 26.0 Å². The quantitative estimate of drug-likeness (QED) is 0.844. The summed E-state index contributed by atoms with van der Waals surface area (Å²) in [7, 11) is 0. The largest absolute Gasteiger partial charge is 0.325 e. The fraction of sp³-hybridized carbons (Fsp3) is 0.235. The number of rotatable bonds is 4. The Morgan fingerprint density at radius 2 is 1.86 bits per heavy atom. The van der Waals surface area contributed by atoms with Crippen LogP contribution in [0.4, 0.5) is 10.1 Å². The highest BCUT2D eigenvalue weighted by atomic mass is 32.2. The van der Waals surface area contributed by atoms with E-state index in [1.165, 1.54) is 35.0 Å². The first kappa shape index (κ1) is 15.6. The second-order valence-corrected chi connectivity index (χ2v) is 6.08. The summed E-state index contributed by atoms with van der Waals surface area (Å²) in [6, 6.07) is 10.5. The molecule has 0 unspecified atom stereocenters. The van der Waals surface area contributed by atoms with Crippen molar-refractivity contribution < 1.29 is 9.18 Å². The summed E-state index contributed by atoms with van der Waals surface area (Å²) in [5.74, 6) is -0.0504. The van der Waals surface area contributed by atoms with Crippen molar-refractivity contribution in [3.8, 4) is 0 Å². The van der Waals surface area contributed by atoms with Gasteiger partial charge < -0.3 is 5.32 Å². The highest BCUT2D eigenvalue weighted by Crippen LogP contribution is 2.23. The number of nitrogens with one attached hydrogen (secondary N) is 1. The number of amides is 1. The third-order valence-corrected chi connectivity index (χ3v) is 4.33. The molecule has 0 fully saturated rings. The number of hydrogen-bond donors (Lipinski definition) is 1. The van der Waals surface area contributed by atoms with Crippen LogP contribution >= 0.6 is 11.8 Å². The number of carbonyl (C=O) groups is 1. The van der Waals surface area contributed by atoms with Crippen molar-refractivity contribution in [1.29, 1.82) is 0 Å². The first-order valence-corrected chi connectivity index (χ1v) is 7.70. The van der Waals surface area contributed by atoms with Crippen molar-refractivity contribution in [2.75, 3.05) is 11.1 Å². The maximum absolute atomic E-state index is 13.0. The molecule has 2 aromatic rings. The van der Waals surface area contributed by atoms with E-state index in [0.29, 0.717) is 11.4 Å². The van der Waals surface area contributed by atoms with Crippen molar-refractivity contribution in [2.45, 2.75) is 25.7 Å². The molecular formula is C17H18FNOS. The van der Waals surface area contributed by atoms with Gasteiger partial charge in [0.15, 0.2) is 0 Å². The van der Waals surface area contributed by atoms with Crippen LogP contribution in [0.1, 0.15) is 16.7 Å². The standard InChI is InChI=1S/C17H18FNOS/c1-11-4-7-16(13(3)8-11)21-10-17(20)19-15-6-5-14(18)9-12(15)2/h4-9H,10H2,1-3H3,(H,19,20). The molecule has 2 nitrogen and oxygen atoms in total. The van der Waals surface area contributed by atoms with Gasteiger partial charge in [-0.2, -0.15) is 0 Å². The summed E-state index contributed by atoms with van der Waals surface area (Å²) in [4.78, 5) is 13.1. The molecule has 0 aromatic heterocycles. The Balaban J connectivity index is 1.96. The van der Waals surface area contributed by atoms with E-state index in [9.17, 15) is 9.18 Å². The molecule has 0 bridgehead atoms. The third-order valence-electron chi connectivity index (χ3n) is 3.15. The molecule has 0 aliphatic rings. The maximum Gasteiger partial charge on any atom is 0.234 e. The van der Waals surface area contributed by atoms with Gasteiger partial charge in [-0.05, 0) is 56.2 Å². The molecule has 1 amide bonds. The summed E-state index contributed by atoms with van der Waals surface area (Å²) in [6.45, 7) is 5.86. The second-order valence-electron chi connectivity index (χ2n) is 5.07. The zero-order valence-electron chi connectivity index (χ0n) is 12.4. The van der Waals surface area contributed by atoms with E-state index >= 15 is 0 Å². The Bertz CT molecular complexity index is 670. The van der Waals surface area contributed by atoms with Crippen molar-refractivity contribution in [3.05, 3.63) is 58.9 Å². The van der Waals surface area contributed by atoms with E-state index < -0.39 is 0 Å². The zero-order chi connectivity index (χ0) is 15.4. The first-order chi connectivity index (χ1) is 9.95. The minimum Gasteiger partial charge on any atom is -0.325 e. The van der Waals surface area contributed by atoms with Crippen LogP contribution in [-0.4, -0.2) is 11.7 Å². The molecule has 4 heteroatoms. The molecule has 0 radical (unpaired) electrons. The lowest BCUT2D eigenvalue weighted by Crippen LogP contribution is -2.15. The number of thioether (sulfide) groups is 1. The molecule has 21 heavy (non-hydrogen) atoms. The number of anilines is 1.